The van der Waals surface area contributed by atoms with Gasteiger partial charge in [-0.3, -0.25) is 4.79 Å². The monoisotopic (exact) mass is 434 g/mol. The van der Waals surface area contributed by atoms with Crippen LogP contribution < -0.4 is 4.80 Å². The smallest absolute Gasteiger partial charge is 0.279 e. The molecule has 3 nitrogen and oxygen atoms in total. The van der Waals surface area contributed by atoms with Gasteiger partial charge < -0.3 is 4.57 Å². The lowest BCUT2D eigenvalue weighted by molar-refractivity contribution is 0.0997. The van der Waals surface area contributed by atoms with E-state index >= 15 is 0 Å². The molecule has 2 aromatic carbocycles. The Kier molecular flexibility index (Phi) is 6.33. The highest BCUT2D eigenvalue weighted by molar-refractivity contribution is 7.99. The van der Waals surface area contributed by atoms with Gasteiger partial charge in [0.15, 0.2) is 4.80 Å². The maximum atomic E-state index is 12.8. The minimum Gasteiger partial charge on any atom is -0.303 e. The zero-order chi connectivity index (χ0) is 19.6. The van der Waals surface area contributed by atoms with Crippen molar-refractivity contribution >= 4 is 62.4 Å². The number of aromatic nitrogens is 1. The predicted molar refractivity (Wildman–Crippen MR) is 116 cm³/mol. The zero-order valence-corrected chi connectivity index (χ0v) is 17.8. The Morgan fingerprint density at radius 3 is 2.74 bits per heavy atom. The molecule has 0 atom stereocenters. The molecule has 0 N–H and O–H groups in total. The highest BCUT2D eigenvalue weighted by Crippen LogP contribution is 2.32. The van der Waals surface area contributed by atoms with E-state index in [1.165, 1.54) is 11.3 Å². The quantitative estimate of drug-likeness (QED) is 0.379. The predicted octanol–water partition coefficient (Wildman–Crippen LogP) is 5.88. The zero-order valence-electron chi connectivity index (χ0n) is 14.7. The summed E-state index contributed by atoms with van der Waals surface area (Å²) in [6, 6.07) is 10.9. The number of amides is 1. The molecule has 27 heavy (non-hydrogen) atoms. The van der Waals surface area contributed by atoms with Gasteiger partial charge >= 0.3 is 0 Å². The van der Waals surface area contributed by atoms with Gasteiger partial charge in [-0.05, 0) is 30.3 Å². The molecule has 0 aliphatic carbocycles. The second-order valence-corrected chi connectivity index (χ2v) is 9.44. The summed E-state index contributed by atoms with van der Waals surface area (Å²) in [6.45, 7) is 4.46. The molecule has 0 saturated heterocycles. The Bertz CT molecular complexity index is 1120. The number of hydrogen-bond acceptors (Lipinski definition) is 3. The van der Waals surface area contributed by atoms with Gasteiger partial charge in [0.2, 0.25) is 0 Å². The van der Waals surface area contributed by atoms with Crippen LogP contribution in [0.4, 0.5) is 0 Å². The third kappa shape index (κ3) is 4.41. The lowest BCUT2D eigenvalue weighted by Gasteiger charge is -2.05. The number of nitrogens with zero attached hydrogens (tertiary/aromatic N) is 2. The maximum absolute atomic E-state index is 12.8. The molecule has 0 saturated carbocycles. The normalized spacial score (nSPS) is 11.9. The topological polar surface area (TPSA) is 34.4 Å². The van der Waals surface area contributed by atoms with Crippen molar-refractivity contribution in [2.24, 2.45) is 4.99 Å². The van der Waals surface area contributed by atoms with Crippen molar-refractivity contribution in [1.82, 2.24) is 4.57 Å². The third-order valence-corrected chi connectivity index (χ3v) is 6.47. The van der Waals surface area contributed by atoms with Crippen molar-refractivity contribution < 1.29 is 4.79 Å². The summed E-state index contributed by atoms with van der Waals surface area (Å²) < 4.78 is 2.51. The number of fused-ring (bicyclic) bond motifs is 1. The van der Waals surface area contributed by atoms with Gasteiger partial charge in [-0.15, -0.1) is 18.2 Å². The second-order valence-electron chi connectivity index (χ2n) is 5.99. The molecule has 7 heteroatoms. The molecule has 0 aliphatic heterocycles. The Balaban J connectivity index is 2.12. The van der Waals surface area contributed by atoms with Gasteiger partial charge in [0.25, 0.3) is 5.91 Å². The molecule has 0 aliphatic rings. The summed E-state index contributed by atoms with van der Waals surface area (Å²) in [5.41, 5.74) is 1.23. The van der Waals surface area contributed by atoms with Crippen LogP contribution in [0.1, 0.15) is 24.2 Å². The van der Waals surface area contributed by atoms with E-state index in [0.29, 0.717) is 31.2 Å². The van der Waals surface area contributed by atoms with Crippen LogP contribution >= 0.6 is 46.3 Å². The molecule has 3 aromatic rings. The first kappa shape index (κ1) is 20.0. The van der Waals surface area contributed by atoms with Crippen LogP contribution in [-0.4, -0.2) is 15.7 Å². The molecular formula is C20H16Cl2N2OS2. The van der Waals surface area contributed by atoms with Gasteiger partial charge in [-0.2, -0.15) is 4.99 Å². The summed E-state index contributed by atoms with van der Waals surface area (Å²) in [6.07, 6.45) is 5.50. The molecule has 0 unspecified atom stereocenters. The van der Waals surface area contributed by atoms with Crippen molar-refractivity contribution in [3.63, 3.8) is 0 Å². The average Bonchev–Trinajstić information content (AvgIpc) is 2.98. The van der Waals surface area contributed by atoms with E-state index in [1.54, 1.807) is 34.5 Å². The van der Waals surface area contributed by atoms with Crippen molar-refractivity contribution in [3.05, 3.63) is 56.8 Å². The first-order chi connectivity index (χ1) is 12.9. The summed E-state index contributed by atoms with van der Waals surface area (Å²) in [7, 11) is 0. The first-order valence-corrected chi connectivity index (χ1v) is 10.6. The minimum absolute atomic E-state index is 0.245. The van der Waals surface area contributed by atoms with Crippen molar-refractivity contribution in [3.8, 4) is 12.3 Å². The van der Waals surface area contributed by atoms with E-state index in [0.717, 1.165) is 9.60 Å². The molecule has 1 heterocycles. The number of carbonyl (C=O) groups is 1. The standard InChI is InChI=1S/C20H16Cl2N2OS2/c1-4-10-24-17-15(21)8-9-16(22)18(17)27-20(24)23-19(25)13-6-5-7-14(11-13)26-12(2)3/h1,5-9,11-12H,10H2,2-3H3. The number of halogens is 2. The van der Waals surface area contributed by atoms with Gasteiger partial charge in [0.05, 0.1) is 26.8 Å². The van der Waals surface area contributed by atoms with Crippen LogP contribution in [0.25, 0.3) is 10.2 Å². The lowest BCUT2D eigenvalue weighted by Crippen LogP contribution is -2.16. The second kappa shape index (κ2) is 8.53. The fourth-order valence-corrected chi connectivity index (χ4v) is 5.10. The minimum atomic E-state index is -0.328. The number of carbonyl (C=O) groups excluding carboxylic acids is 1. The van der Waals surface area contributed by atoms with Crippen molar-refractivity contribution in [1.29, 1.82) is 0 Å². The molecule has 0 spiro atoms. The number of benzene rings is 2. The first-order valence-electron chi connectivity index (χ1n) is 8.17. The maximum Gasteiger partial charge on any atom is 0.279 e. The van der Waals surface area contributed by atoms with Crippen LogP contribution in [0.15, 0.2) is 46.3 Å². The van der Waals surface area contributed by atoms with E-state index in [4.69, 9.17) is 29.6 Å². The van der Waals surface area contributed by atoms with Crippen LogP contribution in [0.2, 0.25) is 10.0 Å². The third-order valence-electron chi connectivity index (χ3n) is 3.63. The van der Waals surface area contributed by atoms with Gasteiger partial charge in [-0.1, -0.05) is 60.4 Å². The van der Waals surface area contributed by atoms with E-state index < -0.39 is 0 Å². The Labute approximate surface area is 176 Å². The number of thiazole rings is 1. The molecule has 0 radical (unpaired) electrons. The SMILES string of the molecule is C#CCn1c(=NC(=O)c2cccc(SC(C)C)c2)sc2c(Cl)ccc(Cl)c21. The molecule has 1 aromatic heterocycles. The van der Waals surface area contributed by atoms with Crippen LogP contribution in [0.3, 0.4) is 0 Å². The fourth-order valence-electron chi connectivity index (χ4n) is 2.56. The molecule has 0 fully saturated rings. The van der Waals surface area contributed by atoms with Crippen molar-refractivity contribution in [2.75, 3.05) is 0 Å². The lowest BCUT2D eigenvalue weighted by atomic mass is 10.2. The molecule has 1 amide bonds. The number of hydrogen-bond donors (Lipinski definition) is 0. The highest BCUT2D eigenvalue weighted by atomic mass is 35.5. The Morgan fingerprint density at radius 1 is 1.30 bits per heavy atom. The van der Waals surface area contributed by atoms with Crippen molar-refractivity contribution in [2.45, 2.75) is 30.5 Å². The van der Waals surface area contributed by atoms with Crippen LogP contribution in [0.5, 0.6) is 0 Å². The number of terminal acetylenes is 1. The molecular weight excluding hydrogens is 419 g/mol. The van der Waals surface area contributed by atoms with Gasteiger partial charge in [0, 0.05) is 15.7 Å². The summed E-state index contributed by atoms with van der Waals surface area (Å²) in [5, 5.41) is 1.50. The summed E-state index contributed by atoms with van der Waals surface area (Å²) in [5.74, 6) is 2.26. The average molecular weight is 435 g/mol. The molecule has 0 bridgehead atoms. The number of thioether (sulfide) groups is 1. The van der Waals surface area contributed by atoms with E-state index in [9.17, 15) is 4.79 Å². The van der Waals surface area contributed by atoms with Gasteiger partial charge in [0.1, 0.15) is 0 Å². The van der Waals surface area contributed by atoms with E-state index in [-0.39, 0.29) is 12.5 Å². The Hall–Kier alpha value is -1.71. The molecule has 138 valence electrons. The summed E-state index contributed by atoms with van der Waals surface area (Å²) in [4.78, 5) is 18.6. The number of rotatable bonds is 4. The highest BCUT2D eigenvalue weighted by Gasteiger charge is 2.14. The summed E-state index contributed by atoms with van der Waals surface area (Å²) >= 11 is 15.6. The van der Waals surface area contributed by atoms with Gasteiger partial charge in [-0.25, -0.2) is 0 Å². The van der Waals surface area contributed by atoms with E-state index in [1.807, 2.05) is 18.2 Å². The fraction of sp³-hybridized carbons (Fsp3) is 0.200. The van der Waals surface area contributed by atoms with E-state index in [2.05, 4.69) is 24.8 Å². The largest absolute Gasteiger partial charge is 0.303 e. The Morgan fingerprint density at radius 2 is 2.04 bits per heavy atom. The van der Waals surface area contributed by atoms with Crippen LogP contribution in [-0.2, 0) is 6.54 Å². The van der Waals surface area contributed by atoms with Crippen LogP contribution in [0, 0.1) is 12.3 Å². The molecule has 3 rings (SSSR count).